The summed E-state index contributed by atoms with van der Waals surface area (Å²) in [5, 5.41) is 12.9. The predicted octanol–water partition coefficient (Wildman–Crippen LogP) is 4.72. The van der Waals surface area contributed by atoms with Gasteiger partial charge in [-0.2, -0.15) is 0 Å². The van der Waals surface area contributed by atoms with Crippen molar-refractivity contribution < 1.29 is 9.21 Å². The average Bonchev–Trinajstić information content (AvgIpc) is 3.35. The summed E-state index contributed by atoms with van der Waals surface area (Å²) in [5.74, 6) is 0.799. The van der Waals surface area contributed by atoms with E-state index in [1.165, 1.54) is 11.3 Å². The highest BCUT2D eigenvalue weighted by atomic mass is 32.1. The van der Waals surface area contributed by atoms with Gasteiger partial charge in [-0.1, -0.05) is 24.3 Å². The number of nitrogens with one attached hydrogen (secondary N) is 1. The predicted molar refractivity (Wildman–Crippen MR) is 97.4 cm³/mol. The van der Waals surface area contributed by atoms with Crippen LogP contribution in [0.4, 0.5) is 5.69 Å². The number of anilines is 1. The SMILES string of the molecule is O=C(Nc1ccc(-c2nnc(-c3ccccc3)o2)cc1)c1cccs1. The zero-order valence-corrected chi connectivity index (χ0v) is 13.9. The van der Waals surface area contributed by atoms with Gasteiger partial charge in [0.05, 0.1) is 4.88 Å². The highest BCUT2D eigenvalue weighted by Gasteiger charge is 2.11. The van der Waals surface area contributed by atoms with Gasteiger partial charge in [-0.25, -0.2) is 0 Å². The van der Waals surface area contributed by atoms with Gasteiger partial charge < -0.3 is 9.73 Å². The third-order valence-corrected chi connectivity index (χ3v) is 4.45. The lowest BCUT2D eigenvalue weighted by molar-refractivity contribution is 0.103. The number of carbonyl (C=O) groups excluding carboxylic acids is 1. The molecule has 0 aliphatic rings. The van der Waals surface area contributed by atoms with Gasteiger partial charge in [-0.3, -0.25) is 4.79 Å². The number of rotatable bonds is 4. The standard InChI is InChI=1S/C19H13N3O2S/c23-17(16-7-4-12-25-16)20-15-10-8-14(9-11-15)19-22-21-18(24-19)13-5-2-1-3-6-13/h1-12H,(H,20,23). The van der Waals surface area contributed by atoms with Gasteiger partial charge in [0.15, 0.2) is 0 Å². The largest absolute Gasteiger partial charge is 0.416 e. The smallest absolute Gasteiger partial charge is 0.265 e. The summed E-state index contributed by atoms with van der Waals surface area (Å²) >= 11 is 1.41. The molecule has 4 rings (SSSR count). The van der Waals surface area contributed by atoms with Crippen LogP contribution in [0, 0.1) is 0 Å². The fourth-order valence-electron chi connectivity index (χ4n) is 2.33. The molecule has 0 atom stereocenters. The van der Waals surface area contributed by atoms with E-state index >= 15 is 0 Å². The molecule has 2 aromatic carbocycles. The lowest BCUT2D eigenvalue weighted by Gasteiger charge is -2.03. The Hall–Kier alpha value is -3.25. The Morgan fingerprint density at radius 3 is 2.16 bits per heavy atom. The molecule has 6 heteroatoms. The first-order chi connectivity index (χ1) is 12.3. The number of amides is 1. The minimum atomic E-state index is -0.119. The molecule has 5 nitrogen and oxygen atoms in total. The summed E-state index contributed by atoms with van der Waals surface area (Å²) in [7, 11) is 0. The minimum Gasteiger partial charge on any atom is -0.416 e. The summed E-state index contributed by atoms with van der Waals surface area (Å²) in [5.41, 5.74) is 2.38. The summed E-state index contributed by atoms with van der Waals surface area (Å²) in [6.07, 6.45) is 0. The van der Waals surface area contributed by atoms with Gasteiger partial charge in [-0.05, 0) is 47.8 Å². The van der Waals surface area contributed by atoms with E-state index in [2.05, 4.69) is 15.5 Å². The number of carbonyl (C=O) groups is 1. The van der Waals surface area contributed by atoms with E-state index in [1.807, 2.05) is 66.0 Å². The highest BCUT2D eigenvalue weighted by molar-refractivity contribution is 7.12. The molecule has 0 saturated carbocycles. The Kier molecular flexibility index (Phi) is 4.10. The van der Waals surface area contributed by atoms with Crippen LogP contribution in [0.15, 0.2) is 76.5 Å². The van der Waals surface area contributed by atoms with Crippen molar-refractivity contribution in [2.24, 2.45) is 0 Å². The number of hydrogen-bond donors (Lipinski definition) is 1. The van der Waals surface area contributed by atoms with Gasteiger partial charge in [-0.15, -0.1) is 21.5 Å². The van der Waals surface area contributed by atoms with Crippen molar-refractivity contribution in [1.29, 1.82) is 0 Å². The maximum atomic E-state index is 12.0. The second-order valence-electron chi connectivity index (χ2n) is 5.29. The van der Waals surface area contributed by atoms with Crippen LogP contribution in [0.25, 0.3) is 22.9 Å². The maximum absolute atomic E-state index is 12.0. The number of aromatic nitrogens is 2. The molecule has 1 amide bonds. The van der Waals surface area contributed by atoms with Crippen molar-refractivity contribution >= 4 is 22.9 Å². The zero-order valence-electron chi connectivity index (χ0n) is 13.0. The lowest BCUT2D eigenvalue weighted by atomic mass is 10.2. The van der Waals surface area contributed by atoms with E-state index in [-0.39, 0.29) is 5.91 Å². The zero-order chi connectivity index (χ0) is 17.1. The van der Waals surface area contributed by atoms with Crippen molar-refractivity contribution in [3.05, 3.63) is 77.0 Å². The quantitative estimate of drug-likeness (QED) is 0.580. The van der Waals surface area contributed by atoms with Crippen molar-refractivity contribution in [1.82, 2.24) is 10.2 Å². The first-order valence-corrected chi connectivity index (χ1v) is 8.52. The third-order valence-electron chi connectivity index (χ3n) is 3.58. The Morgan fingerprint density at radius 1 is 0.840 bits per heavy atom. The summed E-state index contributed by atoms with van der Waals surface area (Å²) in [6, 6.07) is 20.6. The molecule has 0 radical (unpaired) electrons. The molecule has 0 aliphatic heterocycles. The molecule has 0 unspecified atom stereocenters. The van der Waals surface area contributed by atoms with Crippen LogP contribution >= 0.6 is 11.3 Å². The molecule has 1 N–H and O–H groups in total. The van der Waals surface area contributed by atoms with E-state index in [0.29, 0.717) is 22.3 Å². The van der Waals surface area contributed by atoms with E-state index in [9.17, 15) is 4.79 Å². The maximum Gasteiger partial charge on any atom is 0.265 e. The highest BCUT2D eigenvalue weighted by Crippen LogP contribution is 2.25. The van der Waals surface area contributed by atoms with Crippen LogP contribution in [0.3, 0.4) is 0 Å². The normalized spacial score (nSPS) is 10.6. The molecule has 0 spiro atoms. The molecule has 122 valence electrons. The topological polar surface area (TPSA) is 68.0 Å². The number of nitrogens with zero attached hydrogens (tertiary/aromatic N) is 2. The van der Waals surface area contributed by atoms with Crippen LogP contribution in [0.5, 0.6) is 0 Å². The Balaban J connectivity index is 1.51. The molecule has 0 saturated heterocycles. The van der Waals surface area contributed by atoms with Crippen LogP contribution in [0.1, 0.15) is 9.67 Å². The van der Waals surface area contributed by atoms with Crippen LogP contribution < -0.4 is 5.32 Å². The second kappa shape index (κ2) is 6.70. The fraction of sp³-hybridized carbons (Fsp3) is 0. The van der Waals surface area contributed by atoms with E-state index in [0.717, 1.165) is 11.1 Å². The number of hydrogen-bond acceptors (Lipinski definition) is 5. The van der Waals surface area contributed by atoms with E-state index in [4.69, 9.17) is 4.42 Å². The van der Waals surface area contributed by atoms with Gasteiger partial charge in [0, 0.05) is 16.8 Å². The molecule has 2 aromatic heterocycles. The first-order valence-electron chi connectivity index (χ1n) is 7.64. The van der Waals surface area contributed by atoms with Crippen LogP contribution in [0.2, 0.25) is 0 Å². The third kappa shape index (κ3) is 3.34. The molecule has 2 heterocycles. The van der Waals surface area contributed by atoms with E-state index < -0.39 is 0 Å². The summed E-state index contributed by atoms with van der Waals surface area (Å²) in [4.78, 5) is 12.7. The monoisotopic (exact) mass is 347 g/mol. The molecule has 0 fully saturated rings. The molecule has 4 aromatic rings. The fourth-order valence-corrected chi connectivity index (χ4v) is 2.95. The van der Waals surface area contributed by atoms with Crippen molar-refractivity contribution in [2.75, 3.05) is 5.32 Å². The summed E-state index contributed by atoms with van der Waals surface area (Å²) in [6.45, 7) is 0. The molecular weight excluding hydrogens is 334 g/mol. The molecular formula is C19H13N3O2S. The Labute approximate surface area is 148 Å². The average molecular weight is 347 g/mol. The van der Waals surface area contributed by atoms with Crippen molar-refractivity contribution in [3.8, 4) is 22.9 Å². The Bertz CT molecular complexity index is 977. The second-order valence-corrected chi connectivity index (χ2v) is 6.23. The van der Waals surface area contributed by atoms with Gasteiger partial charge in [0.2, 0.25) is 11.8 Å². The molecule has 0 aliphatic carbocycles. The van der Waals surface area contributed by atoms with Gasteiger partial charge in [0.25, 0.3) is 5.91 Å². The minimum absolute atomic E-state index is 0.119. The van der Waals surface area contributed by atoms with Crippen LogP contribution in [-0.4, -0.2) is 16.1 Å². The summed E-state index contributed by atoms with van der Waals surface area (Å²) < 4.78 is 5.73. The number of benzene rings is 2. The van der Waals surface area contributed by atoms with Crippen LogP contribution in [-0.2, 0) is 0 Å². The van der Waals surface area contributed by atoms with Crippen molar-refractivity contribution in [3.63, 3.8) is 0 Å². The van der Waals surface area contributed by atoms with Gasteiger partial charge >= 0.3 is 0 Å². The van der Waals surface area contributed by atoms with E-state index in [1.54, 1.807) is 6.07 Å². The lowest BCUT2D eigenvalue weighted by Crippen LogP contribution is -2.09. The molecule has 0 bridgehead atoms. The van der Waals surface area contributed by atoms with Gasteiger partial charge in [0.1, 0.15) is 0 Å². The van der Waals surface area contributed by atoms with Crippen molar-refractivity contribution in [2.45, 2.75) is 0 Å². The number of thiophene rings is 1. The molecule has 25 heavy (non-hydrogen) atoms. The first kappa shape index (κ1) is 15.3. The Morgan fingerprint density at radius 2 is 1.52 bits per heavy atom.